The standard InChI is InChI=1S/C8H9N3O2/c1-6-2-4-7(5-3-6)9-11-10-8(12)13/h2-5H,1H3,(H,9,10)(H,12,13). The molecule has 5 nitrogen and oxygen atoms in total. The van der Waals surface area contributed by atoms with Crippen LogP contribution in [-0.2, 0) is 0 Å². The summed E-state index contributed by atoms with van der Waals surface area (Å²) in [6.45, 7) is 1.95. The van der Waals surface area contributed by atoms with Gasteiger partial charge in [0.15, 0.2) is 0 Å². The van der Waals surface area contributed by atoms with Crippen molar-refractivity contribution in [3.05, 3.63) is 29.8 Å². The molecule has 0 fully saturated rings. The Morgan fingerprint density at radius 3 is 2.54 bits per heavy atom. The lowest BCUT2D eigenvalue weighted by molar-refractivity contribution is 0.194. The van der Waals surface area contributed by atoms with Crippen LogP contribution in [0.4, 0.5) is 10.5 Å². The average molecular weight is 179 g/mol. The molecular formula is C8H9N3O2. The van der Waals surface area contributed by atoms with Crippen molar-refractivity contribution in [1.82, 2.24) is 5.43 Å². The number of hydrogen-bond donors (Lipinski definition) is 2. The lowest BCUT2D eigenvalue weighted by Gasteiger charge is -1.92. The summed E-state index contributed by atoms with van der Waals surface area (Å²) in [4.78, 5) is 9.98. The summed E-state index contributed by atoms with van der Waals surface area (Å²) >= 11 is 0. The maximum absolute atomic E-state index is 9.98. The molecule has 2 N–H and O–H groups in total. The molecule has 13 heavy (non-hydrogen) atoms. The number of carbonyl (C=O) groups is 1. The summed E-state index contributed by atoms with van der Waals surface area (Å²) in [5.74, 6) is 0. The first-order valence-corrected chi connectivity index (χ1v) is 3.65. The number of benzene rings is 1. The van der Waals surface area contributed by atoms with Crippen LogP contribution in [0.15, 0.2) is 34.6 Å². The van der Waals surface area contributed by atoms with E-state index in [1.165, 1.54) is 0 Å². The van der Waals surface area contributed by atoms with Gasteiger partial charge >= 0.3 is 6.09 Å². The fourth-order valence-corrected chi connectivity index (χ4v) is 0.737. The normalized spacial score (nSPS) is 10.2. The Morgan fingerprint density at radius 1 is 1.38 bits per heavy atom. The Labute approximate surface area is 75.1 Å². The second-order valence-electron chi connectivity index (χ2n) is 2.45. The summed E-state index contributed by atoms with van der Waals surface area (Å²) in [7, 11) is 0. The molecule has 1 amide bonds. The van der Waals surface area contributed by atoms with E-state index >= 15 is 0 Å². The van der Waals surface area contributed by atoms with Gasteiger partial charge in [-0.3, -0.25) is 0 Å². The molecule has 0 aromatic heterocycles. The maximum Gasteiger partial charge on any atom is 0.426 e. The molecule has 0 heterocycles. The minimum absolute atomic E-state index is 0.611. The minimum atomic E-state index is -1.23. The van der Waals surface area contributed by atoms with Gasteiger partial charge in [0.05, 0.1) is 5.69 Å². The van der Waals surface area contributed by atoms with Crippen LogP contribution in [-0.4, -0.2) is 11.2 Å². The highest BCUT2D eigenvalue weighted by Crippen LogP contribution is 2.11. The Balaban J connectivity index is 2.59. The molecule has 0 radical (unpaired) electrons. The zero-order valence-corrected chi connectivity index (χ0v) is 7.06. The molecule has 0 aliphatic heterocycles. The molecule has 5 heteroatoms. The number of carboxylic acid groups (broad SMARTS) is 1. The third kappa shape index (κ3) is 3.33. The molecule has 1 aromatic carbocycles. The van der Waals surface area contributed by atoms with Gasteiger partial charge < -0.3 is 5.11 Å². The monoisotopic (exact) mass is 179 g/mol. The van der Waals surface area contributed by atoms with Gasteiger partial charge in [-0.25, -0.2) is 4.79 Å². The third-order valence-corrected chi connectivity index (χ3v) is 1.35. The summed E-state index contributed by atoms with van der Waals surface area (Å²) in [6, 6.07) is 7.25. The van der Waals surface area contributed by atoms with Crippen LogP contribution in [0, 0.1) is 6.92 Å². The van der Waals surface area contributed by atoms with Crippen LogP contribution in [0.1, 0.15) is 5.56 Å². The Kier molecular flexibility index (Phi) is 2.97. The SMILES string of the molecule is Cc1ccc(N=NNC(=O)O)cc1. The lowest BCUT2D eigenvalue weighted by Crippen LogP contribution is -2.12. The van der Waals surface area contributed by atoms with Crippen molar-refractivity contribution < 1.29 is 9.90 Å². The van der Waals surface area contributed by atoms with Gasteiger partial charge in [0.25, 0.3) is 0 Å². The van der Waals surface area contributed by atoms with Crippen LogP contribution in [0.2, 0.25) is 0 Å². The fraction of sp³-hybridized carbons (Fsp3) is 0.125. The lowest BCUT2D eigenvalue weighted by atomic mass is 10.2. The van der Waals surface area contributed by atoms with Crippen LogP contribution >= 0.6 is 0 Å². The first-order valence-electron chi connectivity index (χ1n) is 3.65. The molecule has 1 rings (SSSR count). The van der Waals surface area contributed by atoms with E-state index in [1.54, 1.807) is 17.6 Å². The number of amides is 1. The van der Waals surface area contributed by atoms with E-state index in [0.717, 1.165) is 5.56 Å². The number of nitrogens with one attached hydrogen (secondary N) is 1. The Hall–Kier alpha value is -1.91. The molecule has 0 atom stereocenters. The van der Waals surface area contributed by atoms with E-state index in [1.807, 2.05) is 19.1 Å². The van der Waals surface area contributed by atoms with Crippen molar-refractivity contribution in [2.45, 2.75) is 6.92 Å². The van der Waals surface area contributed by atoms with E-state index in [4.69, 9.17) is 5.11 Å². The second kappa shape index (κ2) is 4.20. The van der Waals surface area contributed by atoms with Crippen LogP contribution < -0.4 is 5.43 Å². The zero-order valence-electron chi connectivity index (χ0n) is 7.06. The molecular weight excluding hydrogens is 170 g/mol. The molecule has 0 spiro atoms. The highest BCUT2D eigenvalue weighted by atomic mass is 16.4. The highest BCUT2D eigenvalue weighted by molar-refractivity contribution is 5.63. The Morgan fingerprint density at radius 2 is 2.00 bits per heavy atom. The predicted molar refractivity (Wildman–Crippen MR) is 46.9 cm³/mol. The topological polar surface area (TPSA) is 74.0 Å². The van der Waals surface area contributed by atoms with Crippen molar-refractivity contribution in [2.24, 2.45) is 10.3 Å². The predicted octanol–water partition coefficient (Wildman–Crippen LogP) is 2.26. The van der Waals surface area contributed by atoms with Crippen molar-refractivity contribution in [3.63, 3.8) is 0 Å². The molecule has 0 saturated carbocycles. The van der Waals surface area contributed by atoms with Crippen molar-refractivity contribution >= 4 is 11.8 Å². The molecule has 68 valence electrons. The van der Waals surface area contributed by atoms with Crippen LogP contribution in [0.25, 0.3) is 0 Å². The molecule has 1 aromatic rings. The average Bonchev–Trinajstić information content (AvgIpc) is 2.08. The van der Waals surface area contributed by atoms with E-state index in [0.29, 0.717) is 5.69 Å². The van der Waals surface area contributed by atoms with Crippen molar-refractivity contribution in [3.8, 4) is 0 Å². The quantitative estimate of drug-likeness (QED) is 0.539. The first-order chi connectivity index (χ1) is 6.18. The molecule has 0 aliphatic carbocycles. The van der Waals surface area contributed by atoms with E-state index in [-0.39, 0.29) is 0 Å². The number of aryl methyl sites for hydroxylation is 1. The first kappa shape index (κ1) is 9.18. The number of nitrogens with zero attached hydrogens (tertiary/aromatic N) is 2. The Bertz CT molecular complexity index is 319. The summed E-state index contributed by atoms with van der Waals surface area (Å²) in [5.41, 5.74) is 3.51. The summed E-state index contributed by atoms with van der Waals surface area (Å²) < 4.78 is 0. The summed E-state index contributed by atoms with van der Waals surface area (Å²) in [5, 5.41) is 15.0. The largest absolute Gasteiger partial charge is 0.464 e. The van der Waals surface area contributed by atoms with Gasteiger partial charge in [-0.2, -0.15) is 5.43 Å². The van der Waals surface area contributed by atoms with Crippen LogP contribution in [0.3, 0.4) is 0 Å². The molecule has 0 saturated heterocycles. The van der Waals surface area contributed by atoms with Gasteiger partial charge in [-0.05, 0) is 19.1 Å². The molecule has 0 bridgehead atoms. The number of rotatable bonds is 2. The maximum atomic E-state index is 9.98. The molecule has 0 unspecified atom stereocenters. The van der Waals surface area contributed by atoms with Crippen molar-refractivity contribution in [1.29, 1.82) is 0 Å². The fourth-order valence-electron chi connectivity index (χ4n) is 0.737. The van der Waals surface area contributed by atoms with Gasteiger partial charge in [0.1, 0.15) is 0 Å². The van der Waals surface area contributed by atoms with Gasteiger partial charge in [0.2, 0.25) is 0 Å². The van der Waals surface area contributed by atoms with Gasteiger partial charge in [-0.1, -0.05) is 22.9 Å². The van der Waals surface area contributed by atoms with Gasteiger partial charge in [-0.15, -0.1) is 5.11 Å². The van der Waals surface area contributed by atoms with E-state index in [9.17, 15) is 4.79 Å². The van der Waals surface area contributed by atoms with Crippen molar-refractivity contribution in [2.75, 3.05) is 0 Å². The third-order valence-electron chi connectivity index (χ3n) is 1.35. The van der Waals surface area contributed by atoms with Crippen LogP contribution in [0.5, 0.6) is 0 Å². The smallest absolute Gasteiger partial charge is 0.426 e. The van der Waals surface area contributed by atoms with Gasteiger partial charge in [0, 0.05) is 0 Å². The number of hydrogen-bond acceptors (Lipinski definition) is 3. The van der Waals surface area contributed by atoms with E-state index < -0.39 is 6.09 Å². The highest BCUT2D eigenvalue weighted by Gasteiger charge is 1.90. The van der Waals surface area contributed by atoms with E-state index in [2.05, 4.69) is 10.3 Å². The second-order valence-corrected chi connectivity index (χ2v) is 2.45. The summed E-state index contributed by atoms with van der Waals surface area (Å²) in [6.07, 6.45) is -1.23. The molecule has 0 aliphatic rings. The minimum Gasteiger partial charge on any atom is -0.464 e. The zero-order chi connectivity index (χ0) is 9.68.